The van der Waals surface area contributed by atoms with Gasteiger partial charge in [-0.05, 0) is 25.1 Å². The average Bonchev–Trinajstić information content (AvgIpc) is 2.73. The number of methoxy groups -OCH3 is 1. The Morgan fingerprint density at radius 1 is 1.47 bits per heavy atom. The van der Waals surface area contributed by atoms with Crippen LogP contribution < -0.4 is 4.74 Å². The van der Waals surface area contributed by atoms with E-state index in [1.165, 1.54) is 0 Å². The van der Waals surface area contributed by atoms with Gasteiger partial charge in [0, 0.05) is 15.8 Å². The fraction of sp³-hybridized carbons (Fsp3) is 0.250. The summed E-state index contributed by atoms with van der Waals surface area (Å²) < 4.78 is 11.6. The molecule has 0 N–H and O–H groups in total. The van der Waals surface area contributed by atoms with Crippen molar-refractivity contribution in [3.05, 3.63) is 40.2 Å². The summed E-state index contributed by atoms with van der Waals surface area (Å²) >= 11 is 5.01. The zero-order valence-electron chi connectivity index (χ0n) is 9.57. The molecule has 0 aliphatic rings. The Kier molecular flexibility index (Phi) is 4.12. The monoisotopic (exact) mass is 313 g/mol. The summed E-state index contributed by atoms with van der Waals surface area (Å²) in [5.74, 6) is 1.65. The largest absolute Gasteiger partial charge is 0.496 e. The zero-order valence-corrected chi connectivity index (χ0v) is 12.0. The molecule has 0 atom stereocenters. The Morgan fingerprint density at radius 2 is 2.29 bits per heavy atom. The van der Waals surface area contributed by atoms with Gasteiger partial charge in [-0.1, -0.05) is 27.7 Å². The normalized spacial score (nSPS) is 10.5. The Hall–Kier alpha value is -0.940. The van der Waals surface area contributed by atoms with Crippen LogP contribution in [0.1, 0.15) is 11.3 Å². The Morgan fingerprint density at radius 3 is 2.94 bits per heavy atom. The fourth-order valence-corrected chi connectivity index (χ4v) is 2.64. The summed E-state index contributed by atoms with van der Waals surface area (Å²) in [4.78, 5) is 4.25. The van der Waals surface area contributed by atoms with Crippen LogP contribution in [0.3, 0.4) is 0 Å². The summed E-state index contributed by atoms with van der Waals surface area (Å²) in [6.45, 7) is 1.91. The van der Waals surface area contributed by atoms with Crippen molar-refractivity contribution >= 4 is 27.7 Å². The second-order valence-corrected chi connectivity index (χ2v) is 5.34. The lowest BCUT2D eigenvalue weighted by Crippen LogP contribution is -1.90. The highest BCUT2D eigenvalue weighted by Gasteiger charge is 2.07. The minimum Gasteiger partial charge on any atom is -0.496 e. The van der Waals surface area contributed by atoms with Gasteiger partial charge in [-0.15, -0.1) is 0 Å². The van der Waals surface area contributed by atoms with E-state index in [-0.39, 0.29) is 0 Å². The number of halogens is 1. The molecular formula is C12H12BrNO2S. The molecule has 5 heteroatoms. The quantitative estimate of drug-likeness (QED) is 0.798. The lowest BCUT2D eigenvalue weighted by atomic mass is 10.2. The second-order valence-electron chi connectivity index (χ2n) is 3.50. The molecule has 0 aliphatic carbocycles. The number of benzene rings is 1. The number of hydrogen-bond donors (Lipinski definition) is 0. The van der Waals surface area contributed by atoms with E-state index in [2.05, 4.69) is 20.9 Å². The maximum Gasteiger partial charge on any atom is 0.256 e. The van der Waals surface area contributed by atoms with Crippen molar-refractivity contribution in [2.75, 3.05) is 7.11 Å². The molecule has 0 saturated heterocycles. The first kappa shape index (κ1) is 12.5. The highest BCUT2D eigenvalue weighted by molar-refractivity contribution is 9.10. The lowest BCUT2D eigenvalue weighted by Gasteiger charge is -2.07. The van der Waals surface area contributed by atoms with E-state index in [1.54, 1.807) is 25.1 Å². The van der Waals surface area contributed by atoms with Crippen LogP contribution in [0.25, 0.3) is 0 Å². The predicted molar refractivity (Wildman–Crippen MR) is 71.5 cm³/mol. The number of nitrogens with zero attached hydrogens (tertiary/aromatic N) is 1. The summed E-state index contributed by atoms with van der Waals surface area (Å²) in [6.07, 6.45) is 1.65. The highest BCUT2D eigenvalue weighted by Crippen LogP contribution is 2.29. The molecule has 1 heterocycles. The van der Waals surface area contributed by atoms with Crippen LogP contribution in [0.2, 0.25) is 0 Å². The van der Waals surface area contributed by atoms with Crippen LogP contribution in [-0.4, -0.2) is 12.1 Å². The maximum absolute atomic E-state index is 5.31. The van der Waals surface area contributed by atoms with Crippen LogP contribution in [-0.2, 0) is 5.75 Å². The molecule has 0 amide bonds. The van der Waals surface area contributed by atoms with Crippen LogP contribution >= 0.6 is 27.7 Å². The number of aryl methyl sites for hydroxylation is 1. The van der Waals surface area contributed by atoms with E-state index >= 15 is 0 Å². The molecule has 2 aromatic rings. The van der Waals surface area contributed by atoms with E-state index in [4.69, 9.17) is 9.15 Å². The van der Waals surface area contributed by atoms with Gasteiger partial charge >= 0.3 is 0 Å². The van der Waals surface area contributed by atoms with E-state index in [9.17, 15) is 0 Å². The van der Waals surface area contributed by atoms with Crippen molar-refractivity contribution in [1.29, 1.82) is 0 Å². The Bertz CT molecular complexity index is 513. The summed E-state index contributed by atoms with van der Waals surface area (Å²) in [5, 5.41) is 0.685. The molecule has 0 fully saturated rings. The van der Waals surface area contributed by atoms with Gasteiger partial charge in [0.05, 0.1) is 12.8 Å². The van der Waals surface area contributed by atoms with Crippen molar-refractivity contribution in [1.82, 2.24) is 4.98 Å². The van der Waals surface area contributed by atoms with Crippen molar-refractivity contribution < 1.29 is 9.15 Å². The standard InChI is InChI=1S/C12H12BrNO2S/c1-8-6-16-12(14-8)17-7-9-5-10(13)3-4-11(9)15-2/h3-6H,7H2,1-2H3. The van der Waals surface area contributed by atoms with E-state index in [0.717, 1.165) is 27.2 Å². The molecule has 0 radical (unpaired) electrons. The molecule has 17 heavy (non-hydrogen) atoms. The van der Waals surface area contributed by atoms with E-state index in [0.29, 0.717) is 5.22 Å². The van der Waals surface area contributed by atoms with Gasteiger partial charge in [-0.3, -0.25) is 0 Å². The van der Waals surface area contributed by atoms with Gasteiger partial charge in [-0.25, -0.2) is 4.98 Å². The third kappa shape index (κ3) is 3.26. The first-order valence-corrected chi connectivity index (χ1v) is 6.84. The lowest BCUT2D eigenvalue weighted by molar-refractivity contribution is 0.411. The molecule has 2 rings (SSSR count). The van der Waals surface area contributed by atoms with Gasteiger partial charge < -0.3 is 9.15 Å². The molecular weight excluding hydrogens is 302 g/mol. The van der Waals surface area contributed by atoms with E-state index < -0.39 is 0 Å². The summed E-state index contributed by atoms with van der Waals surface area (Å²) in [7, 11) is 1.67. The Labute approximate surface area is 113 Å². The smallest absolute Gasteiger partial charge is 0.256 e. The maximum atomic E-state index is 5.31. The first-order chi connectivity index (χ1) is 8.19. The molecule has 1 aromatic heterocycles. The number of thioether (sulfide) groups is 1. The fourth-order valence-electron chi connectivity index (χ4n) is 1.40. The van der Waals surface area contributed by atoms with Gasteiger partial charge in [-0.2, -0.15) is 0 Å². The molecule has 0 unspecified atom stereocenters. The van der Waals surface area contributed by atoms with E-state index in [1.807, 2.05) is 25.1 Å². The minimum atomic E-state index is 0.685. The molecule has 90 valence electrons. The number of rotatable bonds is 4. The van der Waals surface area contributed by atoms with Crippen LogP contribution in [0.5, 0.6) is 5.75 Å². The SMILES string of the molecule is COc1ccc(Br)cc1CSc1nc(C)co1. The molecule has 3 nitrogen and oxygen atoms in total. The van der Waals surface area contributed by atoms with Gasteiger partial charge in [0.25, 0.3) is 5.22 Å². The first-order valence-electron chi connectivity index (χ1n) is 5.06. The van der Waals surface area contributed by atoms with Crippen molar-refractivity contribution in [3.63, 3.8) is 0 Å². The zero-order chi connectivity index (χ0) is 12.3. The summed E-state index contributed by atoms with van der Waals surface area (Å²) in [6, 6.07) is 5.95. The predicted octanol–water partition coefficient (Wildman–Crippen LogP) is 4.05. The van der Waals surface area contributed by atoms with Crippen molar-refractivity contribution in [3.8, 4) is 5.75 Å². The third-order valence-corrected chi connectivity index (χ3v) is 3.57. The number of aromatic nitrogens is 1. The Balaban J connectivity index is 2.10. The van der Waals surface area contributed by atoms with Crippen molar-refractivity contribution in [2.45, 2.75) is 17.9 Å². The molecule has 0 saturated carbocycles. The van der Waals surface area contributed by atoms with Crippen LogP contribution in [0, 0.1) is 6.92 Å². The number of ether oxygens (including phenoxy) is 1. The third-order valence-electron chi connectivity index (χ3n) is 2.19. The highest BCUT2D eigenvalue weighted by atomic mass is 79.9. The molecule has 1 aromatic carbocycles. The van der Waals surface area contributed by atoms with Crippen LogP contribution in [0.15, 0.2) is 38.6 Å². The second kappa shape index (κ2) is 5.60. The number of hydrogen-bond acceptors (Lipinski definition) is 4. The molecule has 0 spiro atoms. The van der Waals surface area contributed by atoms with Gasteiger partial charge in [0.1, 0.15) is 12.0 Å². The molecule has 0 aliphatic heterocycles. The minimum absolute atomic E-state index is 0.685. The van der Waals surface area contributed by atoms with Crippen LogP contribution in [0.4, 0.5) is 0 Å². The average molecular weight is 314 g/mol. The van der Waals surface area contributed by atoms with Gasteiger partial charge in [0.2, 0.25) is 0 Å². The topological polar surface area (TPSA) is 35.3 Å². The van der Waals surface area contributed by atoms with Gasteiger partial charge in [0.15, 0.2) is 0 Å². The number of oxazole rings is 1. The molecule has 0 bridgehead atoms. The van der Waals surface area contributed by atoms with Crippen molar-refractivity contribution in [2.24, 2.45) is 0 Å². The summed E-state index contributed by atoms with van der Waals surface area (Å²) in [5.41, 5.74) is 2.01.